The van der Waals surface area contributed by atoms with Gasteiger partial charge in [-0.2, -0.15) is 0 Å². The fourth-order valence-electron chi connectivity index (χ4n) is 1.80. The van der Waals surface area contributed by atoms with Crippen molar-refractivity contribution in [3.8, 4) is 0 Å². The monoisotopic (exact) mass is 234 g/mol. The van der Waals surface area contributed by atoms with Crippen LogP contribution in [0.1, 0.15) is 12.0 Å². The van der Waals surface area contributed by atoms with E-state index in [-0.39, 0.29) is 12.1 Å². The van der Waals surface area contributed by atoms with Gasteiger partial charge in [0, 0.05) is 24.1 Å². The Morgan fingerprint density at radius 3 is 2.88 bits per heavy atom. The van der Waals surface area contributed by atoms with Gasteiger partial charge in [-0.05, 0) is 12.0 Å². The Hall–Kier alpha value is -2.37. The van der Waals surface area contributed by atoms with Gasteiger partial charge in [0.25, 0.3) is 5.69 Å². The number of H-pyrrole nitrogens is 1. The quantitative estimate of drug-likeness (QED) is 0.625. The molecule has 0 saturated carbocycles. The van der Waals surface area contributed by atoms with Gasteiger partial charge in [-0.3, -0.25) is 14.9 Å². The summed E-state index contributed by atoms with van der Waals surface area (Å²) >= 11 is 0. The molecule has 0 aliphatic heterocycles. The number of non-ortho nitro benzene ring substituents is 1. The van der Waals surface area contributed by atoms with Gasteiger partial charge in [-0.1, -0.05) is 12.1 Å². The molecule has 6 heteroatoms. The molecule has 6 nitrogen and oxygen atoms in total. The van der Waals surface area contributed by atoms with E-state index in [4.69, 9.17) is 5.11 Å². The number of fused-ring (bicyclic) bond motifs is 1. The lowest BCUT2D eigenvalue weighted by atomic mass is 10.1. The number of carboxylic acid groups (broad SMARTS) is 1. The van der Waals surface area contributed by atoms with Crippen LogP contribution in [-0.4, -0.2) is 21.0 Å². The third kappa shape index (κ3) is 2.10. The van der Waals surface area contributed by atoms with Crippen LogP contribution in [-0.2, 0) is 11.2 Å². The highest BCUT2D eigenvalue weighted by Crippen LogP contribution is 2.27. The second-order valence-electron chi connectivity index (χ2n) is 3.66. The van der Waals surface area contributed by atoms with Crippen molar-refractivity contribution in [1.82, 2.24) is 4.98 Å². The number of aromatic nitrogens is 1. The molecule has 1 heterocycles. The van der Waals surface area contributed by atoms with Crippen molar-refractivity contribution in [2.24, 2.45) is 0 Å². The van der Waals surface area contributed by atoms with Gasteiger partial charge in [-0.15, -0.1) is 0 Å². The van der Waals surface area contributed by atoms with Crippen molar-refractivity contribution >= 4 is 22.6 Å². The number of aliphatic carboxylic acids is 1. The summed E-state index contributed by atoms with van der Waals surface area (Å²) in [7, 11) is 0. The van der Waals surface area contributed by atoms with Crippen LogP contribution in [0.4, 0.5) is 5.69 Å². The summed E-state index contributed by atoms with van der Waals surface area (Å²) in [6, 6.07) is 4.76. The maximum Gasteiger partial charge on any atom is 0.303 e. The van der Waals surface area contributed by atoms with Crippen LogP contribution in [0.15, 0.2) is 24.4 Å². The Labute approximate surface area is 96.0 Å². The molecule has 2 N–H and O–H groups in total. The molecule has 1 aromatic carbocycles. The Balaban J connectivity index is 2.44. The molecule has 2 rings (SSSR count). The van der Waals surface area contributed by atoms with Crippen LogP contribution < -0.4 is 0 Å². The van der Waals surface area contributed by atoms with Gasteiger partial charge < -0.3 is 10.1 Å². The first kappa shape index (κ1) is 11.1. The maximum absolute atomic E-state index is 10.8. The van der Waals surface area contributed by atoms with E-state index in [1.807, 2.05) is 0 Å². The van der Waals surface area contributed by atoms with Crippen molar-refractivity contribution in [2.75, 3.05) is 0 Å². The van der Waals surface area contributed by atoms with E-state index >= 15 is 0 Å². The highest BCUT2D eigenvalue weighted by atomic mass is 16.6. The summed E-state index contributed by atoms with van der Waals surface area (Å²) in [5.74, 6) is -0.884. The average molecular weight is 234 g/mol. The fraction of sp³-hybridized carbons (Fsp3) is 0.182. The number of nitro benzene ring substituents is 1. The third-order valence-corrected chi connectivity index (χ3v) is 2.58. The summed E-state index contributed by atoms with van der Waals surface area (Å²) in [6.45, 7) is 0. The zero-order valence-electron chi connectivity index (χ0n) is 8.84. The van der Waals surface area contributed by atoms with Crippen LogP contribution in [0, 0.1) is 10.1 Å². The van der Waals surface area contributed by atoms with Crippen molar-refractivity contribution < 1.29 is 14.8 Å². The largest absolute Gasteiger partial charge is 0.481 e. The lowest BCUT2D eigenvalue weighted by Crippen LogP contribution is -1.96. The van der Waals surface area contributed by atoms with Gasteiger partial charge in [0.05, 0.1) is 4.92 Å². The Morgan fingerprint density at radius 2 is 2.24 bits per heavy atom. The van der Waals surface area contributed by atoms with Gasteiger partial charge in [-0.25, -0.2) is 0 Å². The maximum atomic E-state index is 10.8. The number of nitro groups is 1. The molecular weight excluding hydrogens is 224 g/mol. The number of hydrogen-bond donors (Lipinski definition) is 2. The molecule has 0 radical (unpaired) electrons. The number of aromatic amines is 1. The average Bonchev–Trinajstić information content (AvgIpc) is 2.68. The van der Waals surface area contributed by atoms with Crippen molar-refractivity contribution in [3.63, 3.8) is 0 Å². The zero-order chi connectivity index (χ0) is 12.4. The van der Waals surface area contributed by atoms with Gasteiger partial charge >= 0.3 is 5.97 Å². The molecule has 2 aromatic rings. The number of nitrogens with zero attached hydrogens (tertiary/aromatic N) is 1. The number of carbonyl (C=O) groups is 1. The molecule has 0 unspecified atom stereocenters. The molecule has 0 aliphatic rings. The highest BCUT2D eigenvalue weighted by Gasteiger charge is 2.15. The van der Waals surface area contributed by atoms with Crippen LogP contribution in [0.5, 0.6) is 0 Å². The molecule has 0 spiro atoms. The minimum absolute atomic E-state index is 0.00377. The molecule has 0 aliphatic carbocycles. The Kier molecular flexibility index (Phi) is 2.78. The normalized spacial score (nSPS) is 10.6. The van der Waals surface area contributed by atoms with E-state index in [0.29, 0.717) is 17.3 Å². The Bertz CT molecular complexity index is 588. The standard InChI is InChI=1S/C11H10N2O4/c14-10(15)5-4-7-6-12-11-8(7)2-1-3-9(11)13(16)17/h1-3,6,12H,4-5H2,(H,14,15). The predicted molar refractivity (Wildman–Crippen MR) is 60.9 cm³/mol. The molecule has 0 fully saturated rings. The smallest absolute Gasteiger partial charge is 0.303 e. The summed E-state index contributed by atoms with van der Waals surface area (Å²) in [4.78, 5) is 23.6. The topological polar surface area (TPSA) is 96.2 Å². The molecule has 0 bridgehead atoms. The number of aryl methyl sites for hydroxylation is 1. The second kappa shape index (κ2) is 4.25. The van der Waals surface area contributed by atoms with Crippen molar-refractivity contribution in [1.29, 1.82) is 0 Å². The summed E-state index contributed by atoms with van der Waals surface area (Å²) in [5, 5.41) is 20.1. The van der Waals surface area contributed by atoms with Crippen LogP contribution in [0.3, 0.4) is 0 Å². The minimum Gasteiger partial charge on any atom is -0.481 e. The highest BCUT2D eigenvalue weighted by molar-refractivity contribution is 5.90. The molecular formula is C11H10N2O4. The molecule has 1 aromatic heterocycles. The first-order chi connectivity index (χ1) is 8.09. The summed E-state index contributed by atoms with van der Waals surface area (Å²) in [5.41, 5.74) is 1.23. The van der Waals surface area contributed by atoms with E-state index in [2.05, 4.69) is 4.98 Å². The van der Waals surface area contributed by atoms with Gasteiger partial charge in [0.2, 0.25) is 0 Å². The van der Waals surface area contributed by atoms with Crippen LogP contribution in [0.2, 0.25) is 0 Å². The van der Waals surface area contributed by atoms with E-state index in [0.717, 1.165) is 5.56 Å². The van der Waals surface area contributed by atoms with Gasteiger partial charge in [0.1, 0.15) is 5.52 Å². The fourth-order valence-corrected chi connectivity index (χ4v) is 1.80. The molecule has 17 heavy (non-hydrogen) atoms. The lowest BCUT2D eigenvalue weighted by Gasteiger charge is -1.96. The number of benzene rings is 1. The van der Waals surface area contributed by atoms with E-state index in [1.165, 1.54) is 6.07 Å². The molecule has 0 amide bonds. The Morgan fingerprint density at radius 1 is 1.47 bits per heavy atom. The van der Waals surface area contributed by atoms with Crippen LogP contribution >= 0.6 is 0 Å². The zero-order valence-corrected chi connectivity index (χ0v) is 8.84. The van der Waals surface area contributed by atoms with E-state index < -0.39 is 10.9 Å². The first-order valence-corrected chi connectivity index (χ1v) is 5.04. The van der Waals surface area contributed by atoms with E-state index in [9.17, 15) is 14.9 Å². The summed E-state index contributed by atoms with van der Waals surface area (Å²) < 4.78 is 0. The number of para-hydroxylation sites is 1. The van der Waals surface area contributed by atoms with Crippen molar-refractivity contribution in [3.05, 3.63) is 40.1 Å². The molecule has 88 valence electrons. The number of carboxylic acids is 1. The lowest BCUT2D eigenvalue weighted by molar-refractivity contribution is -0.383. The number of hydrogen-bond acceptors (Lipinski definition) is 3. The SMILES string of the molecule is O=C(O)CCc1c[nH]c2c([N+](=O)[O-])cccc12. The van der Waals surface area contributed by atoms with E-state index in [1.54, 1.807) is 18.3 Å². The summed E-state index contributed by atoms with van der Waals surface area (Å²) in [6.07, 6.45) is 1.99. The number of nitrogens with one attached hydrogen (secondary N) is 1. The third-order valence-electron chi connectivity index (χ3n) is 2.58. The van der Waals surface area contributed by atoms with Crippen molar-refractivity contribution in [2.45, 2.75) is 12.8 Å². The second-order valence-corrected chi connectivity index (χ2v) is 3.66. The predicted octanol–water partition coefficient (Wildman–Crippen LogP) is 2.09. The molecule has 0 saturated heterocycles. The van der Waals surface area contributed by atoms with Crippen LogP contribution in [0.25, 0.3) is 10.9 Å². The molecule has 0 atom stereocenters. The number of rotatable bonds is 4. The van der Waals surface area contributed by atoms with Gasteiger partial charge in [0.15, 0.2) is 0 Å². The minimum atomic E-state index is -0.884. The first-order valence-electron chi connectivity index (χ1n) is 5.04.